The van der Waals surface area contributed by atoms with Crippen molar-refractivity contribution in [2.45, 2.75) is 50.9 Å². The third kappa shape index (κ3) is 3.12. The fraction of sp³-hybridized carbons (Fsp3) is 0.526. The quantitative estimate of drug-likeness (QED) is 0.675. The Bertz CT molecular complexity index is 770. The van der Waals surface area contributed by atoms with E-state index in [0.717, 1.165) is 30.6 Å². The molecule has 1 aromatic rings. The number of piperidine rings is 1. The first-order valence-electron chi connectivity index (χ1n) is 9.17. The van der Waals surface area contributed by atoms with E-state index in [0.29, 0.717) is 25.1 Å². The molecule has 138 valence electrons. The molecule has 3 heterocycles. The molecule has 2 unspecified atom stereocenters. The summed E-state index contributed by atoms with van der Waals surface area (Å²) in [4.78, 5) is 37.9. The molecule has 0 aromatic heterocycles. The molecule has 3 aliphatic rings. The summed E-state index contributed by atoms with van der Waals surface area (Å²) in [5, 5.41) is 9.27. The van der Waals surface area contributed by atoms with Gasteiger partial charge in [0.05, 0.1) is 0 Å². The highest BCUT2D eigenvalue weighted by Crippen LogP contribution is 2.28. The van der Waals surface area contributed by atoms with Gasteiger partial charge in [0.1, 0.15) is 6.04 Å². The molecule has 7 heteroatoms. The van der Waals surface area contributed by atoms with Gasteiger partial charge in [0, 0.05) is 37.2 Å². The molecule has 4 rings (SSSR count). The van der Waals surface area contributed by atoms with E-state index in [9.17, 15) is 14.4 Å². The van der Waals surface area contributed by atoms with E-state index in [4.69, 9.17) is 0 Å². The van der Waals surface area contributed by atoms with Gasteiger partial charge >= 0.3 is 0 Å². The van der Waals surface area contributed by atoms with Crippen molar-refractivity contribution in [2.75, 3.05) is 13.1 Å². The molecule has 0 aliphatic carbocycles. The lowest BCUT2D eigenvalue weighted by atomic mass is 10.0. The SMILES string of the molecule is CC1(NCc2ccc3c(c2)C(=O)N(C2CCC(=O)NC2=O)C3)CCNC1. The van der Waals surface area contributed by atoms with Crippen LogP contribution >= 0.6 is 0 Å². The molecule has 2 saturated heterocycles. The molecular formula is C19H24N4O3. The molecular weight excluding hydrogens is 332 g/mol. The minimum Gasteiger partial charge on any atom is -0.322 e. The Balaban J connectivity index is 1.47. The predicted molar refractivity (Wildman–Crippen MR) is 95.2 cm³/mol. The molecule has 2 fully saturated rings. The van der Waals surface area contributed by atoms with Gasteiger partial charge in [-0.1, -0.05) is 12.1 Å². The number of nitrogens with zero attached hydrogens (tertiary/aromatic N) is 1. The number of hydrogen-bond acceptors (Lipinski definition) is 5. The second-order valence-electron chi connectivity index (χ2n) is 7.73. The third-order valence-corrected chi connectivity index (χ3v) is 5.68. The first-order valence-corrected chi connectivity index (χ1v) is 9.17. The molecule has 0 spiro atoms. The summed E-state index contributed by atoms with van der Waals surface area (Å²) in [7, 11) is 0. The van der Waals surface area contributed by atoms with Crippen LogP contribution in [0.15, 0.2) is 18.2 Å². The standard InChI is InChI=1S/C19H24N4O3/c1-19(6-7-20-11-19)21-9-12-2-3-13-10-23(18(26)14(13)8-12)15-4-5-16(24)22-17(15)25/h2-3,8,15,20-21H,4-7,9-11H2,1H3,(H,22,24,25). The van der Waals surface area contributed by atoms with Crippen molar-refractivity contribution in [3.8, 4) is 0 Å². The minimum atomic E-state index is -0.558. The Hall–Kier alpha value is -2.25. The fourth-order valence-electron chi connectivity index (χ4n) is 4.00. The molecule has 3 amide bonds. The molecule has 0 bridgehead atoms. The molecule has 3 aliphatic heterocycles. The monoisotopic (exact) mass is 356 g/mol. The van der Waals surface area contributed by atoms with Crippen molar-refractivity contribution in [1.29, 1.82) is 0 Å². The number of rotatable bonds is 4. The lowest BCUT2D eigenvalue weighted by molar-refractivity contribution is -0.136. The summed E-state index contributed by atoms with van der Waals surface area (Å²) in [6, 6.07) is 5.39. The Morgan fingerprint density at radius 2 is 2.15 bits per heavy atom. The summed E-state index contributed by atoms with van der Waals surface area (Å²) in [6.07, 6.45) is 1.75. The molecule has 2 atom stereocenters. The van der Waals surface area contributed by atoms with Crippen molar-refractivity contribution in [3.05, 3.63) is 34.9 Å². The maximum absolute atomic E-state index is 12.8. The van der Waals surface area contributed by atoms with Crippen molar-refractivity contribution in [2.24, 2.45) is 0 Å². The van der Waals surface area contributed by atoms with Crippen LogP contribution in [-0.2, 0) is 22.7 Å². The van der Waals surface area contributed by atoms with Crippen molar-refractivity contribution in [3.63, 3.8) is 0 Å². The van der Waals surface area contributed by atoms with Crippen LogP contribution in [0, 0.1) is 0 Å². The number of carbonyl (C=O) groups excluding carboxylic acids is 3. The number of nitrogens with one attached hydrogen (secondary N) is 3. The van der Waals surface area contributed by atoms with E-state index in [-0.39, 0.29) is 29.7 Å². The van der Waals surface area contributed by atoms with Gasteiger partial charge in [-0.2, -0.15) is 0 Å². The second kappa shape index (κ2) is 6.48. The minimum absolute atomic E-state index is 0.0851. The van der Waals surface area contributed by atoms with Gasteiger partial charge in [-0.15, -0.1) is 0 Å². The molecule has 0 radical (unpaired) electrons. The van der Waals surface area contributed by atoms with Crippen LogP contribution in [0.5, 0.6) is 0 Å². The van der Waals surface area contributed by atoms with E-state index >= 15 is 0 Å². The zero-order valence-corrected chi connectivity index (χ0v) is 14.9. The molecule has 0 saturated carbocycles. The van der Waals surface area contributed by atoms with Crippen LogP contribution in [0.1, 0.15) is 47.7 Å². The molecule has 26 heavy (non-hydrogen) atoms. The van der Waals surface area contributed by atoms with Crippen molar-refractivity contribution < 1.29 is 14.4 Å². The van der Waals surface area contributed by atoms with Crippen LogP contribution in [0.2, 0.25) is 0 Å². The molecule has 7 nitrogen and oxygen atoms in total. The van der Waals surface area contributed by atoms with Gasteiger partial charge in [0.25, 0.3) is 5.91 Å². The van der Waals surface area contributed by atoms with Crippen LogP contribution in [0.4, 0.5) is 0 Å². The number of carbonyl (C=O) groups is 3. The van der Waals surface area contributed by atoms with Gasteiger partial charge in [-0.25, -0.2) is 0 Å². The molecule has 3 N–H and O–H groups in total. The number of amides is 3. The topological polar surface area (TPSA) is 90.5 Å². The van der Waals surface area contributed by atoms with E-state index in [1.165, 1.54) is 0 Å². The van der Waals surface area contributed by atoms with E-state index in [1.54, 1.807) is 4.90 Å². The van der Waals surface area contributed by atoms with Gasteiger partial charge in [-0.3, -0.25) is 19.7 Å². The zero-order chi connectivity index (χ0) is 18.3. The lowest BCUT2D eigenvalue weighted by Crippen LogP contribution is -2.52. The van der Waals surface area contributed by atoms with Gasteiger partial charge < -0.3 is 15.5 Å². The third-order valence-electron chi connectivity index (χ3n) is 5.68. The summed E-state index contributed by atoms with van der Waals surface area (Å²) in [5.41, 5.74) is 2.76. The maximum Gasteiger partial charge on any atom is 0.255 e. The largest absolute Gasteiger partial charge is 0.322 e. The maximum atomic E-state index is 12.8. The Morgan fingerprint density at radius 1 is 1.31 bits per heavy atom. The lowest BCUT2D eigenvalue weighted by Gasteiger charge is -2.29. The fourth-order valence-corrected chi connectivity index (χ4v) is 4.00. The Morgan fingerprint density at radius 3 is 2.88 bits per heavy atom. The highest BCUT2D eigenvalue weighted by Gasteiger charge is 2.39. The van der Waals surface area contributed by atoms with Gasteiger partial charge in [0.2, 0.25) is 11.8 Å². The van der Waals surface area contributed by atoms with Crippen LogP contribution in [0.3, 0.4) is 0 Å². The Labute approximate surface area is 152 Å². The Kier molecular flexibility index (Phi) is 4.28. The van der Waals surface area contributed by atoms with Gasteiger partial charge in [0.15, 0.2) is 0 Å². The van der Waals surface area contributed by atoms with E-state index in [2.05, 4.69) is 22.9 Å². The van der Waals surface area contributed by atoms with Crippen LogP contribution < -0.4 is 16.0 Å². The van der Waals surface area contributed by atoms with Crippen molar-refractivity contribution >= 4 is 17.7 Å². The highest BCUT2D eigenvalue weighted by atomic mass is 16.2. The summed E-state index contributed by atoms with van der Waals surface area (Å²) < 4.78 is 0. The summed E-state index contributed by atoms with van der Waals surface area (Å²) in [5.74, 6) is -0.755. The van der Waals surface area contributed by atoms with Crippen molar-refractivity contribution in [1.82, 2.24) is 20.9 Å². The van der Waals surface area contributed by atoms with Crippen LogP contribution in [0.25, 0.3) is 0 Å². The number of benzene rings is 1. The van der Waals surface area contributed by atoms with Gasteiger partial charge in [-0.05, 0) is 43.5 Å². The normalized spacial score (nSPS) is 28.4. The average Bonchev–Trinajstić information content (AvgIpc) is 3.18. The second-order valence-corrected chi connectivity index (χ2v) is 7.73. The van der Waals surface area contributed by atoms with E-state index < -0.39 is 6.04 Å². The molecule has 1 aromatic carbocycles. The summed E-state index contributed by atoms with van der Waals surface area (Å²) in [6.45, 7) is 5.30. The number of fused-ring (bicyclic) bond motifs is 1. The smallest absolute Gasteiger partial charge is 0.255 e. The first kappa shape index (κ1) is 17.2. The predicted octanol–water partition coefficient (Wildman–Crippen LogP) is 0.289. The zero-order valence-electron chi connectivity index (χ0n) is 14.9. The first-order chi connectivity index (χ1) is 12.5. The average molecular weight is 356 g/mol. The van der Waals surface area contributed by atoms with Crippen LogP contribution in [-0.4, -0.2) is 47.3 Å². The summed E-state index contributed by atoms with van der Waals surface area (Å²) >= 11 is 0. The van der Waals surface area contributed by atoms with E-state index in [1.807, 2.05) is 18.2 Å². The number of imide groups is 1. The number of hydrogen-bond donors (Lipinski definition) is 3. The highest BCUT2D eigenvalue weighted by molar-refractivity contribution is 6.05.